The fraction of sp³-hybridized carbons (Fsp3) is 0.0909. The Balaban J connectivity index is 2.35. The summed E-state index contributed by atoms with van der Waals surface area (Å²) >= 11 is 0. The van der Waals surface area contributed by atoms with Gasteiger partial charge in [-0.3, -0.25) is 5.84 Å². The van der Waals surface area contributed by atoms with Crippen LogP contribution in [0.25, 0.3) is 0 Å². The maximum absolute atomic E-state index is 13.0. The molecule has 2 aromatic rings. The fourth-order valence-electron chi connectivity index (χ4n) is 1.51. The lowest BCUT2D eigenvalue weighted by molar-refractivity contribution is 0.552. The first-order chi connectivity index (χ1) is 7.31. The zero-order valence-corrected chi connectivity index (χ0v) is 7.98. The first-order valence-electron chi connectivity index (χ1n) is 4.55. The Labute approximate surface area is 86.7 Å². The molecule has 1 heterocycles. The Morgan fingerprint density at radius 1 is 1.27 bits per heavy atom. The van der Waals surface area contributed by atoms with Crippen LogP contribution in [0.4, 0.5) is 4.39 Å². The molecule has 1 aromatic heterocycles. The molecule has 0 spiro atoms. The van der Waals surface area contributed by atoms with Crippen molar-refractivity contribution in [1.82, 2.24) is 5.43 Å². The molecule has 0 saturated carbocycles. The van der Waals surface area contributed by atoms with E-state index in [2.05, 4.69) is 5.43 Å². The summed E-state index contributed by atoms with van der Waals surface area (Å²) in [6, 6.07) is 7.83. The molecule has 2 rings (SSSR count). The Kier molecular flexibility index (Phi) is 2.80. The molecule has 1 unspecified atom stereocenters. The minimum Gasteiger partial charge on any atom is -0.472 e. The monoisotopic (exact) mass is 206 g/mol. The number of benzene rings is 1. The number of nitrogens with two attached hydrogens (primary N) is 1. The maximum Gasteiger partial charge on any atom is 0.123 e. The van der Waals surface area contributed by atoms with Crippen molar-refractivity contribution in [2.75, 3.05) is 0 Å². The molecule has 0 aliphatic carbocycles. The lowest BCUT2D eigenvalue weighted by Crippen LogP contribution is -2.28. The summed E-state index contributed by atoms with van der Waals surface area (Å²) in [4.78, 5) is 0. The Bertz CT molecular complexity index is 428. The van der Waals surface area contributed by atoms with Gasteiger partial charge >= 0.3 is 0 Å². The van der Waals surface area contributed by atoms with E-state index in [1.807, 2.05) is 0 Å². The van der Waals surface area contributed by atoms with E-state index < -0.39 is 0 Å². The van der Waals surface area contributed by atoms with Gasteiger partial charge in [0.2, 0.25) is 0 Å². The predicted octanol–water partition coefficient (Wildman–Crippen LogP) is 1.97. The van der Waals surface area contributed by atoms with Gasteiger partial charge in [-0.2, -0.15) is 0 Å². The Morgan fingerprint density at radius 3 is 2.73 bits per heavy atom. The standard InChI is InChI=1S/C11H11FN2O/c12-10-3-1-2-8(6-10)11(14-13)9-4-5-15-7-9/h1-7,11,14H,13H2. The zero-order chi connectivity index (χ0) is 10.7. The topological polar surface area (TPSA) is 51.2 Å². The van der Waals surface area contributed by atoms with Gasteiger partial charge < -0.3 is 4.42 Å². The molecular weight excluding hydrogens is 195 g/mol. The second-order valence-electron chi connectivity index (χ2n) is 3.21. The smallest absolute Gasteiger partial charge is 0.123 e. The zero-order valence-electron chi connectivity index (χ0n) is 7.98. The molecule has 1 atom stereocenters. The Hall–Kier alpha value is -1.65. The van der Waals surface area contributed by atoms with Crippen LogP contribution in [0.1, 0.15) is 17.2 Å². The van der Waals surface area contributed by atoms with Crippen molar-refractivity contribution in [3.63, 3.8) is 0 Å². The molecular formula is C11H11FN2O. The lowest BCUT2D eigenvalue weighted by atomic mass is 10.0. The molecule has 3 N–H and O–H groups in total. The molecule has 0 aliphatic heterocycles. The van der Waals surface area contributed by atoms with Crippen LogP contribution in [0, 0.1) is 5.82 Å². The Morgan fingerprint density at radius 2 is 2.13 bits per heavy atom. The number of hydrazine groups is 1. The first kappa shape index (κ1) is 9.89. The van der Waals surface area contributed by atoms with Gasteiger partial charge in [-0.25, -0.2) is 9.82 Å². The number of halogens is 1. The molecule has 0 saturated heterocycles. The van der Waals surface area contributed by atoms with Gasteiger partial charge in [0.25, 0.3) is 0 Å². The van der Waals surface area contributed by atoms with Gasteiger partial charge in [0.1, 0.15) is 5.82 Å². The van der Waals surface area contributed by atoms with Crippen LogP contribution < -0.4 is 11.3 Å². The van der Waals surface area contributed by atoms with E-state index >= 15 is 0 Å². The SMILES string of the molecule is NNC(c1ccoc1)c1cccc(F)c1. The molecule has 1 aromatic carbocycles. The molecule has 78 valence electrons. The van der Waals surface area contributed by atoms with Crippen LogP contribution >= 0.6 is 0 Å². The van der Waals surface area contributed by atoms with Crippen molar-refractivity contribution >= 4 is 0 Å². The lowest BCUT2D eigenvalue weighted by Gasteiger charge is -2.14. The number of furan rings is 1. The normalized spacial score (nSPS) is 12.7. The first-order valence-corrected chi connectivity index (χ1v) is 4.55. The fourth-order valence-corrected chi connectivity index (χ4v) is 1.51. The van der Waals surface area contributed by atoms with Crippen LogP contribution in [0.15, 0.2) is 47.3 Å². The minimum absolute atomic E-state index is 0.251. The number of nitrogens with one attached hydrogen (secondary N) is 1. The molecule has 0 fully saturated rings. The maximum atomic E-state index is 13.0. The number of hydrogen-bond donors (Lipinski definition) is 2. The largest absolute Gasteiger partial charge is 0.472 e. The second kappa shape index (κ2) is 4.25. The van der Waals surface area contributed by atoms with Gasteiger partial charge in [-0.05, 0) is 23.8 Å². The molecule has 3 nitrogen and oxygen atoms in total. The van der Waals surface area contributed by atoms with Crippen LogP contribution in [0.5, 0.6) is 0 Å². The average molecular weight is 206 g/mol. The van der Waals surface area contributed by atoms with E-state index in [1.165, 1.54) is 12.1 Å². The highest BCUT2D eigenvalue weighted by Crippen LogP contribution is 2.21. The number of hydrogen-bond acceptors (Lipinski definition) is 3. The molecule has 15 heavy (non-hydrogen) atoms. The molecule has 0 radical (unpaired) electrons. The third kappa shape index (κ3) is 2.06. The van der Waals surface area contributed by atoms with Gasteiger partial charge in [-0.1, -0.05) is 12.1 Å². The van der Waals surface area contributed by atoms with Gasteiger partial charge in [0.05, 0.1) is 18.6 Å². The van der Waals surface area contributed by atoms with Crippen molar-refractivity contribution in [3.05, 3.63) is 59.8 Å². The predicted molar refractivity (Wildman–Crippen MR) is 54.3 cm³/mol. The average Bonchev–Trinajstić information content (AvgIpc) is 2.72. The summed E-state index contributed by atoms with van der Waals surface area (Å²) in [7, 11) is 0. The summed E-state index contributed by atoms with van der Waals surface area (Å²) in [5, 5.41) is 0. The van der Waals surface area contributed by atoms with E-state index in [9.17, 15) is 4.39 Å². The van der Waals surface area contributed by atoms with E-state index in [0.29, 0.717) is 0 Å². The summed E-state index contributed by atoms with van der Waals surface area (Å²) in [6.45, 7) is 0. The van der Waals surface area contributed by atoms with Crippen molar-refractivity contribution < 1.29 is 8.81 Å². The van der Waals surface area contributed by atoms with Gasteiger partial charge in [0.15, 0.2) is 0 Å². The quantitative estimate of drug-likeness (QED) is 0.596. The van der Waals surface area contributed by atoms with Crippen LogP contribution in [0.3, 0.4) is 0 Å². The van der Waals surface area contributed by atoms with E-state index in [0.717, 1.165) is 11.1 Å². The third-order valence-electron chi connectivity index (χ3n) is 2.23. The van der Waals surface area contributed by atoms with Crippen LogP contribution in [-0.4, -0.2) is 0 Å². The highest BCUT2D eigenvalue weighted by molar-refractivity contribution is 5.29. The van der Waals surface area contributed by atoms with E-state index in [1.54, 1.807) is 30.7 Å². The van der Waals surface area contributed by atoms with Gasteiger partial charge in [0, 0.05) is 5.56 Å². The summed E-state index contributed by atoms with van der Waals surface area (Å²) in [6.07, 6.45) is 3.13. The van der Waals surface area contributed by atoms with Crippen molar-refractivity contribution in [2.45, 2.75) is 6.04 Å². The van der Waals surface area contributed by atoms with Crippen molar-refractivity contribution in [3.8, 4) is 0 Å². The molecule has 0 aliphatic rings. The molecule has 0 amide bonds. The van der Waals surface area contributed by atoms with Crippen LogP contribution in [-0.2, 0) is 0 Å². The van der Waals surface area contributed by atoms with E-state index in [4.69, 9.17) is 10.3 Å². The highest BCUT2D eigenvalue weighted by Gasteiger charge is 2.13. The van der Waals surface area contributed by atoms with Crippen molar-refractivity contribution in [1.29, 1.82) is 0 Å². The molecule has 0 bridgehead atoms. The van der Waals surface area contributed by atoms with E-state index in [-0.39, 0.29) is 11.9 Å². The van der Waals surface area contributed by atoms with Crippen molar-refractivity contribution in [2.24, 2.45) is 5.84 Å². The number of rotatable bonds is 3. The third-order valence-corrected chi connectivity index (χ3v) is 2.23. The van der Waals surface area contributed by atoms with Crippen LogP contribution in [0.2, 0.25) is 0 Å². The second-order valence-corrected chi connectivity index (χ2v) is 3.21. The highest BCUT2D eigenvalue weighted by atomic mass is 19.1. The summed E-state index contributed by atoms with van der Waals surface area (Å²) in [5.74, 6) is 5.15. The van der Waals surface area contributed by atoms with Gasteiger partial charge in [-0.15, -0.1) is 0 Å². The molecule has 4 heteroatoms. The summed E-state index contributed by atoms with van der Waals surface area (Å²) in [5.41, 5.74) is 4.25. The minimum atomic E-state index is -0.281. The summed E-state index contributed by atoms with van der Waals surface area (Å²) < 4.78 is 18.0.